The summed E-state index contributed by atoms with van der Waals surface area (Å²) in [6.07, 6.45) is 0.895. The third kappa shape index (κ3) is 3.97. The summed E-state index contributed by atoms with van der Waals surface area (Å²) in [5.41, 5.74) is 1.26. The SMILES string of the molecule is CN(CCc1ccccc1)C(=O)C(C)(C)Br. The normalized spacial score (nSPS) is 11.2. The third-order valence-electron chi connectivity index (χ3n) is 2.43. The highest BCUT2D eigenvalue weighted by atomic mass is 79.9. The van der Waals surface area contributed by atoms with Crippen molar-refractivity contribution in [1.82, 2.24) is 4.90 Å². The molecule has 3 heteroatoms. The molecule has 0 aliphatic carbocycles. The second-order valence-corrected chi connectivity index (χ2v) is 6.42. The lowest BCUT2D eigenvalue weighted by molar-refractivity contribution is -0.131. The molecule has 0 saturated carbocycles. The van der Waals surface area contributed by atoms with Gasteiger partial charge in [0.05, 0.1) is 4.32 Å². The Bertz CT molecular complexity index is 343. The summed E-state index contributed by atoms with van der Waals surface area (Å²) >= 11 is 3.38. The number of alkyl halides is 1. The number of likely N-dealkylation sites (N-methyl/N-ethyl adjacent to an activating group) is 1. The molecule has 1 rings (SSSR count). The minimum Gasteiger partial charge on any atom is -0.344 e. The van der Waals surface area contributed by atoms with Crippen LogP contribution in [0, 0.1) is 0 Å². The van der Waals surface area contributed by atoms with Crippen LogP contribution in [0.15, 0.2) is 30.3 Å². The Kier molecular flexibility index (Phi) is 4.54. The lowest BCUT2D eigenvalue weighted by Gasteiger charge is -2.24. The van der Waals surface area contributed by atoms with Crippen LogP contribution in [0.1, 0.15) is 19.4 Å². The molecule has 0 unspecified atom stereocenters. The quantitative estimate of drug-likeness (QED) is 0.779. The zero-order valence-corrected chi connectivity index (χ0v) is 11.6. The van der Waals surface area contributed by atoms with Crippen LogP contribution in [-0.4, -0.2) is 28.7 Å². The Labute approximate surface area is 106 Å². The Morgan fingerprint density at radius 1 is 1.31 bits per heavy atom. The van der Waals surface area contributed by atoms with Crippen molar-refractivity contribution >= 4 is 21.8 Å². The van der Waals surface area contributed by atoms with Crippen molar-refractivity contribution in [2.24, 2.45) is 0 Å². The van der Waals surface area contributed by atoms with Crippen molar-refractivity contribution in [3.05, 3.63) is 35.9 Å². The number of hydrogen-bond acceptors (Lipinski definition) is 1. The second kappa shape index (κ2) is 5.48. The Morgan fingerprint density at radius 3 is 2.38 bits per heavy atom. The van der Waals surface area contributed by atoms with E-state index in [1.807, 2.05) is 39.1 Å². The van der Waals surface area contributed by atoms with Gasteiger partial charge >= 0.3 is 0 Å². The van der Waals surface area contributed by atoms with Gasteiger partial charge in [0, 0.05) is 13.6 Å². The summed E-state index contributed by atoms with van der Waals surface area (Å²) in [6, 6.07) is 10.2. The molecule has 0 fully saturated rings. The second-order valence-electron chi connectivity index (χ2n) is 4.43. The van der Waals surface area contributed by atoms with Gasteiger partial charge in [0.1, 0.15) is 0 Å². The molecule has 0 bridgehead atoms. The predicted molar refractivity (Wildman–Crippen MR) is 70.8 cm³/mol. The number of carbonyl (C=O) groups is 1. The van der Waals surface area contributed by atoms with Crippen LogP contribution in [0.5, 0.6) is 0 Å². The molecule has 1 aromatic rings. The van der Waals surface area contributed by atoms with Crippen molar-refractivity contribution in [2.75, 3.05) is 13.6 Å². The monoisotopic (exact) mass is 283 g/mol. The number of hydrogen-bond donors (Lipinski definition) is 0. The first-order valence-corrected chi connectivity index (χ1v) is 6.19. The van der Waals surface area contributed by atoms with Crippen LogP contribution in [0.3, 0.4) is 0 Å². The molecule has 16 heavy (non-hydrogen) atoms. The van der Waals surface area contributed by atoms with Gasteiger partial charge in [0.2, 0.25) is 5.91 Å². The van der Waals surface area contributed by atoms with Gasteiger partial charge in [-0.1, -0.05) is 46.3 Å². The fraction of sp³-hybridized carbons (Fsp3) is 0.462. The van der Waals surface area contributed by atoms with Gasteiger partial charge in [0.25, 0.3) is 0 Å². The maximum absolute atomic E-state index is 11.9. The molecule has 0 saturated heterocycles. The summed E-state index contributed by atoms with van der Waals surface area (Å²) in [4.78, 5) is 13.6. The van der Waals surface area contributed by atoms with Gasteiger partial charge < -0.3 is 4.90 Å². The molecular weight excluding hydrogens is 266 g/mol. The van der Waals surface area contributed by atoms with E-state index in [4.69, 9.17) is 0 Å². The molecule has 0 heterocycles. The van der Waals surface area contributed by atoms with Crippen molar-refractivity contribution < 1.29 is 4.79 Å². The maximum Gasteiger partial charge on any atom is 0.238 e. The summed E-state index contributed by atoms with van der Waals surface area (Å²) < 4.78 is -0.474. The molecule has 88 valence electrons. The standard InChI is InChI=1S/C13H18BrNO/c1-13(2,14)12(16)15(3)10-9-11-7-5-4-6-8-11/h4-8H,9-10H2,1-3H3. The molecular formula is C13H18BrNO. The first-order chi connectivity index (χ1) is 7.41. The van der Waals surface area contributed by atoms with Crippen molar-refractivity contribution in [1.29, 1.82) is 0 Å². The van der Waals surface area contributed by atoms with Gasteiger partial charge in [-0.05, 0) is 25.8 Å². The predicted octanol–water partition coefficient (Wildman–Crippen LogP) is 2.86. The number of amides is 1. The first kappa shape index (κ1) is 13.2. The lowest BCUT2D eigenvalue weighted by atomic mass is 10.1. The summed E-state index contributed by atoms with van der Waals surface area (Å²) in [7, 11) is 1.84. The molecule has 0 aliphatic rings. The highest BCUT2D eigenvalue weighted by molar-refractivity contribution is 9.10. The number of rotatable bonds is 4. The number of benzene rings is 1. The van der Waals surface area contributed by atoms with E-state index in [-0.39, 0.29) is 5.91 Å². The highest BCUT2D eigenvalue weighted by Crippen LogP contribution is 2.18. The zero-order valence-electron chi connectivity index (χ0n) is 10.0. The minimum atomic E-state index is -0.474. The fourth-order valence-corrected chi connectivity index (χ4v) is 1.80. The summed E-state index contributed by atoms with van der Waals surface area (Å²) in [6.45, 7) is 4.49. The molecule has 0 spiro atoms. The lowest BCUT2D eigenvalue weighted by Crippen LogP contribution is -2.40. The van der Waals surface area contributed by atoms with E-state index < -0.39 is 4.32 Å². The Morgan fingerprint density at radius 2 is 1.88 bits per heavy atom. The highest BCUT2D eigenvalue weighted by Gasteiger charge is 2.26. The van der Waals surface area contributed by atoms with Crippen LogP contribution < -0.4 is 0 Å². The van der Waals surface area contributed by atoms with Gasteiger partial charge in [-0.25, -0.2) is 0 Å². The van der Waals surface area contributed by atoms with Crippen LogP contribution in [-0.2, 0) is 11.2 Å². The fourth-order valence-electron chi connectivity index (χ4n) is 1.50. The molecule has 2 nitrogen and oxygen atoms in total. The third-order valence-corrected chi connectivity index (χ3v) is 2.77. The zero-order chi connectivity index (χ0) is 12.2. The molecule has 0 N–H and O–H groups in total. The topological polar surface area (TPSA) is 20.3 Å². The number of nitrogens with zero attached hydrogens (tertiary/aromatic N) is 1. The van der Waals surface area contributed by atoms with Crippen molar-refractivity contribution in [2.45, 2.75) is 24.6 Å². The van der Waals surface area contributed by atoms with Gasteiger partial charge in [-0.3, -0.25) is 4.79 Å². The van der Waals surface area contributed by atoms with E-state index in [1.165, 1.54) is 5.56 Å². The van der Waals surface area contributed by atoms with E-state index in [1.54, 1.807) is 4.90 Å². The maximum atomic E-state index is 11.9. The molecule has 1 aromatic carbocycles. The largest absolute Gasteiger partial charge is 0.344 e. The van der Waals surface area contributed by atoms with Crippen LogP contribution in [0.4, 0.5) is 0 Å². The average molecular weight is 284 g/mol. The molecule has 0 aliphatic heterocycles. The molecule has 1 amide bonds. The van der Waals surface area contributed by atoms with E-state index >= 15 is 0 Å². The number of carbonyl (C=O) groups excluding carboxylic acids is 1. The van der Waals surface area contributed by atoms with Gasteiger partial charge in [0.15, 0.2) is 0 Å². The van der Waals surface area contributed by atoms with Crippen molar-refractivity contribution in [3.63, 3.8) is 0 Å². The Hall–Kier alpha value is -0.830. The first-order valence-electron chi connectivity index (χ1n) is 5.39. The number of halogens is 1. The van der Waals surface area contributed by atoms with Crippen LogP contribution in [0.2, 0.25) is 0 Å². The van der Waals surface area contributed by atoms with Gasteiger partial charge in [-0.15, -0.1) is 0 Å². The van der Waals surface area contributed by atoms with E-state index in [9.17, 15) is 4.79 Å². The molecule has 0 radical (unpaired) electrons. The summed E-state index contributed by atoms with van der Waals surface area (Å²) in [5, 5.41) is 0. The van der Waals surface area contributed by atoms with E-state index in [0.717, 1.165) is 13.0 Å². The average Bonchev–Trinajstić information content (AvgIpc) is 2.25. The Balaban J connectivity index is 2.48. The molecule has 0 atom stereocenters. The van der Waals surface area contributed by atoms with E-state index in [2.05, 4.69) is 28.1 Å². The van der Waals surface area contributed by atoms with Crippen LogP contribution >= 0.6 is 15.9 Å². The molecule has 0 aromatic heterocycles. The summed E-state index contributed by atoms with van der Waals surface area (Å²) in [5.74, 6) is 0.114. The van der Waals surface area contributed by atoms with Gasteiger partial charge in [-0.2, -0.15) is 0 Å². The smallest absolute Gasteiger partial charge is 0.238 e. The van der Waals surface area contributed by atoms with E-state index in [0.29, 0.717) is 0 Å². The minimum absolute atomic E-state index is 0.114. The van der Waals surface area contributed by atoms with Crippen molar-refractivity contribution in [3.8, 4) is 0 Å². The van der Waals surface area contributed by atoms with Crippen LogP contribution in [0.25, 0.3) is 0 Å².